The number of hydrogen-bond donors (Lipinski definition) is 0. The molecule has 0 aliphatic rings. The summed E-state index contributed by atoms with van der Waals surface area (Å²) in [5.74, 6) is 6.54. The van der Waals surface area contributed by atoms with Gasteiger partial charge in [0.2, 0.25) is 0 Å². The van der Waals surface area contributed by atoms with Gasteiger partial charge in [0, 0.05) is 0 Å². The standard InChI is InChI=1S/C28H30Ge/c1-4-29(5-2,6-3)23-28(26-15-11-8-12-16-26)27-21-19-25(20-22-27)18-17-24-13-9-7-10-14-24/h7-16,19-23H,4-6H2,1-3H3/b28-23-. The van der Waals surface area contributed by atoms with E-state index in [0.29, 0.717) is 0 Å². The first-order valence-corrected chi connectivity index (χ1v) is 16.3. The molecule has 0 radical (unpaired) electrons. The molecule has 3 rings (SSSR count). The Bertz CT molecular complexity index is 975. The van der Waals surface area contributed by atoms with Gasteiger partial charge in [0.15, 0.2) is 0 Å². The molecule has 0 bridgehead atoms. The average Bonchev–Trinajstić information content (AvgIpc) is 2.81. The molecule has 0 saturated heterocycles. The summed E-state index contributed by atoms with van der Waals surface area (Å²) < 4.78 is 0. The van der Waals surface area contributed by atoms with E-state index in [1.54, 1.807) is 0 Å². The first kappa shape index (κ1) is 21.2. The Kier molecular flexibility index (Phi) is 7.56. The normalized spacial score (nSPS) is 11.6. The minimum absolute atomic E-state index is 1.05. The van der Waals surface area contributed by atoms with Crippen LogP contribution >= 0.6 is 0 Å². The van der Waals surface area contributed by atoms with Gasteiger partial charge in [-0.2, -0.15) is 0 Å². The van der Waals surface area contributed by atoms with Crippen LogP contribution in [-0.2, 0) is 0 Å². The van der Waals surface area contributed by atoms with Crippen molar-refractivity contribution < 1.29 is 0 Å². The van der Waals surface area contributed by atoms with Gasteiger partial charge in [-0.05, 0) is 0 Å². The summed E-state index contributed by atoms with van der Waals surface area (Å²) in [7, 11) is 0. The first-order chi connectivity index (χ1) is 14.2. The summed E-state index contributed by atoms with van der Waals surface area (Å²) in [6, 6.07) is 29.8. The molecular weight excluding hydrogens is 409 g/mol. The molecule has 0 N–H and O–H groups in total. The molecule has 29 heavy (non-hydrogen) atoms. The predicted octanol–water partition coefficient (Wildman–Crippen LogP) is 7.57. The summed E-state index contributed by atoms with van der Waals surface area (Å²) in [6.45, 7) is 7.15. The van der Waals surface area contributed by atoms with Crippen LogP contribution in [0.3, 0.4) is 0 Å². The van der Waals surface area contributed by atoms with Gasteiger partial charge in [-0.25, -0.2) is 0 Å². The molecular formula is C28H30Ge. The van der Waals surface area contributed by atoms with E-state index in [-0.39, 0.29) is 0 Å². The van der Waals surface area contributed by atoms with Crippen LogP contribution in [0, 0.1) is 11.8 Å². The van der Waals surface area contributed by atoms with Crippen LogP contribution in [0.2, 0.25) is 15.8 Å². The molecule has 146 valence electrons. The zero-order valence-corrected chi connectivity index (χ0v) is 19.9. The molecule has 0 saturated carbocycles. The Morgan fingerprint density at radius 2 is 1.07 bits per heavy atom. The van der Waals surface area contributed by atoms with E-state index in [0.717, 1.165) is 11.1 Å². The Hall–Kier alpha value is -2.50. The molecule has 3 aromatic carbocycles. The van der Waals surface area contributed by atoms with Gasteiger partial charge in [-0.3, -0.25) is 0 Å². The maximum absolute atomic E-state index is 3.29. The van der Waals surface area contributed by atoms with Gasteiger partial charge in [0.05, 0.1) is 0 Å². The molecule has 0 spiro atoms. The van der Waals surface area contributed by atoms with E-state index < -0.39 is 13.3 Å². The van der Waals surface area contributed by atoms with Gasteiger partial charge >= 0.3 is 179 Å². The van der Waals surface area contributed by atoms with Crippen molar-refractivity contribution in [3.8, 4) is 11.8 Å². The number of hydrogen-bond acceptors (Lipinski definition) is 0. The van der Waals surface area contributed by atoms with Crippen LogP contribution in [0.15, 0.2) is 89.8 Å². The molecule has 0 heterocycles. The van der Waals surface area contributed by atoms with Crippen molar-refractivity contribution in [1.82, 2.24) is 0 Å². The molecule has 0 fully saturated rings. The van der Waals surface area contributed by atoms with Crippen LogP contribution in [0.25, 0.3) is 5.57 Å². The van der Waals surface area contributed by atoms with Gasteiger partial charge in [-0.1, -0.05) is 0 Å². The van der Waals surface area contributed by atoms with Crippen molar-refractivity contribution in [3.63, 3.8) is 0 Å². The fourth-order valence-electron chi connectivity index (χ4n) is 3.71. The van der Waals surface area contributed by atoms with E-state index in [4.69, 9.17) is 0 Å². The quantitative estimate of drug-likeness (QED) is 0.275. The zero-order valence-electron chi connectivity index (χ0n) is 17.8. The maximum atomic E-state index is 3.29. The molecule has 0 unspecified atom stereocenters. The monoisotopic (exact) mass is 440 g/mol. The third-order valence-electron chi connectivity index (χ3n) is 5.97. The van der Waals surface area contributed by atoms with Crippen molar-refractivity contribution in [2.24, 2.45) is 0 Å². The summed E-state index contributed by atoms with van der Waals surface area (Å²) in [5, 5.41) is 4.01. The van der Waals surface area contributed by atoms with Crippen LogP contribution < -0.4 is 0 Å². The van der Waals surface area contributed by atoms with Crippen molar-refractivity contribution in [2.45, 2.75) is 36.5 Å². The van der Waals surface area contributed by atoms with Crippen molar-refractivity contribution in [3.05, 3.63) is 112 Å². The molecule has 0 aliphatic carbocycles. The van der Waals surface area contributed by atoms with E-state index in [1.807, 2.05) is 30.3 Å². The molecule has 0 aliphatic heterocycles. The van der Waals surface area contributed by atoms with Crippen molar-refractivity contribution >= 4 is 18.8 Å². The molecule has 0 atom stereocenters. The van der Waals surface area contributed by atoms with Gasteiger partial charge < -0.3 is 0 Å². The van der Waals surface area contributed by atoms with Crippen LogP contribution in [0.5, 0.6) is 0 Å². The summed E-state index contributed by atoms with van der Waals surface area (Å²) in [6.07, 6.45) is 0. The van der Waals surface area contributed by atoms with E-state index >= 15 is 0 Å². The van der Waals surface area contributed by atoms with Gasteiger partial charge in [0.25, 0.3) is 0 Å². The minimum atomic E-state index is -1.98. The average molecular weight is 439 g/mol. The molecule has 0 aromatic heterocycles. The second-order valence-electron chi connectivity index (χ2n) is 7.54. The van der Waals surface area contributed by atoms with Crippen molar-refractivity contribution in [1.29, 1.82) is 0 Å². The Morgan fingerprint density at radius 1 is 0.621 bits per heavy atom. The number of benzene rings is 3. The van der Waals surface area contributed by atoms with Crippen molar-refractivity contribution in [2.75, 3.05) is 0 Å². The Labute approximate surface area is 179 Å². The molecule has 0 amide bonds. The third kappa shape index (κ3) is 5.52. The SMILES string of the molecule is C[CH2][Ge](/[CH]=C(/c1ccccc1)c1ccc(C#Cc2ccccc2)cc1)([CH2]C)[CH2]C. The third-order valence-corrected chi connectivity index (χ3v) is 16.7. The number of rotatable bonds is 6. The topological polar surface area (TPSA) is 0 Å². The second-order valence-corrected chi connectivity index (χ2v) is 18.3. The van der Waals surface area contributed by atoms with Gasteiger partial charge in [-0.15, -0.1) is 0 Å². The van der Waals surface area contributed by atoms with Crippen LogP contribution in [0.4, 0.5) is 0 Å². The molecule has 3 aromatic rings. The fraction of sp³-hybridized carbons (Fsp3) is 0.214. The van der Waals surface area contributed by atoms with E-state index in [2.05, 4.69) is 92.1 Å². The van der Waals surface area contributed by atoms with Gasteiger partial charge in [0.1, 0.15) is 0 Å². The molecule has 1 heteroatoms. The summed E-state index contributed by atoms with van der Waals surface area (Å²) in [4.78, 5) is 2.69. The summed E-state index contributed by atoms with van der Waals surface area (Å²) >= 11 is -1.98. The van der Waals surface area contributed by atoms with E-state index in [1.165, 1.54) is 32.5 Å². The first-order valence-electron chi connectivity index (χ1n) is 10.7. The Balaban J connectivity index is 1.98. The van der Waals surface area contributed by atoms with E-state index in [9.17, 15) is 0 Å². The second kappa shape index (κ2) is 10.3. The zero-order chi connectivity index (χ0) is 20.5. The van der Waals surface area contributed by atoms with Crippen LogP contribution in [-0.4, -0.2) is 13.3 Å². The predicted molar refractivity (Wildman–Crippen MR) is 130 cm³/mol. The molecule has 0 nitrogen and oxygen atoms in total. The van der Waals surface area contributed by atoms with Crippen LogP contribution in [0.1, 0.15) is 43.0 Å². The fourth-order valence-corrected chi connectivity index (χ4v) is 10.1. The summed E-state index contributed by atoms with van der Waals surface area (Å²) in [5.41, 5.74) is 6.12. The Morgan fingerprint density at radius 3 is 1.59 bits per heavy atom.